The monoisotopic (exact) mass is 311 g/mol. The Morgan fingerprint density at radius 3 is 2.90 bits per heavy atom. The minimum absolute atomic E-state index is 0.281. The molecule has 1 aromatic carbocycles. The fourth-order valence-corrected chi connectivity index (χ4v) is 2.74. The van der Waals surface area contributed by atoms with E-state index in [1.54, 1.807) is 12.1 Å². The van der Waals surface area contributed by atoms with Crippen molar-refractivity contribution in [3.8, 4) is 0 Å². The van der Waals surface area contributed by atoms with E-state index in [2.05, 4.69) is 19.2 Å². The van der Waals surface area contributed by atoms with Gasteiger partial charge in [-0.05, 0) is 37.0 Å². The highest BCUT2D eigenvalue weighted by Gasteiger charge is 2.25. The molecule has 21 heavy (non-hydrogen) atoms. The molecule has 0 saturated carbocycles. The second-order valence-corrected chi connectivity index (χ2v) is 6.11. The molecule has 2 rings (SSSR count). The molecule has 1 aliphatic heterocycles. The lowest BCUT2D eigenvalue weighted by Gasteiger charge is -2.33. The smallest absolute Gasteiger partial charge is 0.339 e. The van der Waals surface area contributed by atoms with Crippen molar-refractivity contribution in [3.63, 3.8) is 0 Å². The van der Waals surface area contributed by atoms with Gasteiger partial charge in [0.25, 0.3) is 0 Å². The SMILES string of the molecule is COC(=O)c1cc(NC2CCOC(C(C)C)C2)ccc1Cl. The highest BCUT2D eigenvalue weighted by atomic mass is 35.5. The topological polar surface area (TPSA) is 47.6 Å². The third kappa shape index (κ3) is 4.11. The summed E-state index contributed by atoms with van der Waals surface area (Å²) in [5, 5.41) is 3.87. The first kappa shape index (κ1) is 16.1. The summed E-state index contributed by atoms with van der Waals surface area (Å²) >= 11 is 6.03. The minimum Gasteiger partial charge on any atom is -0.465 e. The molecule has 0 aliphatic carbocycles. The van der Waals surface area contributed by atoms with Crippen molar-refractivity contribution in [2.45, 2.75) is 38.8 Å². The summed E-state index contributed by atoms with van der Waals surface area (Å²) in [6.45, 7) is 5.10. The number of carbonyl (C=O) groups excluding carboxylic acids is 1. The maximum absolute atomic E-state index is 11.7. The van der Waals surface area contributed by atoms with E-state index in [0.717, 1.165) is 25.1 Å². The van der Waals surface area contributed by atoms with Crippen LogP contribution in [0.25, 0.3) is 0 Å². The van der Waals surface area contributed by atoms with Gasteiger partial charge in [-0.2, -0.15) is 0 Å². The maximum Gasteiger partial charge on any atom is 0.339 e. The molecule has 116 valence electrons. The van der Waals surface area contributed by atoms with Gasteiger partial charge in [-0.15, -0.1) is 0 Å². The zero-order valence-electron chi connectivity index (χ0n) is 12.7. The third-order valence-electron chi connectivity index (χ3n) is 3.80. The fraction of sp³-hybridized carbons (Fsp3) is 0.562. The van der Waals surface area contributed by atoms with E-state index in [4.69, 9.17) is 21.1 Å². The number of anilines is 1. The predicted octanol–water partition coefficient (Wildman–Crippen LogP) is 3.74. The van der Waals surface area contributed by atoms with Gasteiger partial charge in [0, 0.05) is 18.3 Å². The maximum atomic E-state index is 11.7. The molecule has 5 heteroatoms. The van der Waals surface area contributed by atoms with Crippen LogP contribution < -0.4 is 5.32 Å². The van der Waals surface area contributed by atoms with Gasteiger partial charge < -0.3 is 14.8 Å². The Morgan fingerprint density at radius 2 is 2.24 bits per heavy atom. The highest BCUT2D eigenvalue weighted by molar-refractivity contribution is 6.33. The average Bonchev–Trinajstić information content (AvgIpc) is 2.48. The number of nitrogens with one attached hydrogen (secondary N) is 1. The summed E-state index contributed by atoms with van der Waals surface area (Å²) in [5.74, 6) is 0.0844. The lowest BCUT2D eigenvalue weighted by atomic mass is 9.95. The molecule has 1 heterocycles. The van der Waals surface area contributed by atoms with Crippen LogP contribution in [0.15, 0.2) is 18.2 Å². The molecular formula is C16H22ClNO3. The molecule has 1 aromatic rings. The average molecular weight is 312 g/mol. The van der Waals surface area contributed by atoms with Crippen LogP contribution in [-0.4, -0.2) is 31.8 Å². The van der Waals surface area contributed by atoms with Crippen LogP contribution in [0.2, 0.25) is 5.02 Å². The van der Waals surface area contributed by atoms with E-state index in [1.165, 1.54) is 7.11 Å². The Balaban J connectivity index is 2.07. The minimum atomic E-state index is -0.421. The molecule has 0 spiro atoms. The standard InChI is InChI=1S/C16H22ClNO3/c1-10(2)15-9-12(6-7-21-15)18-11-4-5-14(17)13(8-11)16(19)20-3/h4-5,8,10,12,15,18H,6-7,9H2,1-3H3. The van der Waals surface area contributed by atoms with Crippen molar-refractivity contribution in [3.05, 3.63) is 28.8 Å². The molecule has 0 radical (unpaired) electrons. The molecule has 0 amide bonds. The Labute approximate surface area is 130 Å². The Morgan fingerprint density at radius 1 is 1.48 bits per heavy atom. The van der Waals surface area contributed by atoms with Crippen molar-refractivity contribution in [2.75, 3.05) is 19.0 Å². The molecule has 0 aromatic heterocycles. The van der Waals surface area contributed by atoms with Crippen LogP contribution in [0.4, 0.5) is 5.69 Å². The van der Waals surface area contributed by atoms with E-state index in [-0.39, 0.29) is 6.10 Å². The van der Waals surface area contributed by atoms with Crippen molar-refractivity contribution in [2.24, 2.45) is 5.92 Å². The fourth-order valence-electron chi connectivity index (χ4n) is 2.54. The summed E-state index contributed by atoms with van der Waals surface area (Å²) in [4.78, 5) is 11.7. The number of ether oxygens (including phenoxy) is 2. The normalized spacial score (nSPS) is 22.1. The first-order valence-electron chi connectivity index (χ1n) is 7.27. The van der Waals surface area contributed by atoms with Gasteiger partial charge >= 0.3 is 5.97 Å². The van der Waals surface area contributed by atoms with Crippen LogP contribution in [-0.2, 0) is 9.47 Å². The number of hydrogen-bond acceptors (Lipinski definition) is 4. The van der Waals surface area contributed by atoms with Gasteiger partial charge in [0.05, 0.1) is 23.8 Å². The zero-order valence-corrected chi connectivity index (χ0v) is 13.4. The Bertz CT molecular complexity index is 504. The van der Waals surface area contributed by atoms with Crippen molar-refractivity contribution in [1.29, 1.82) is 0 Å². The van der Waals surface area contributed by atoms with Gasteiger partial charge in [-0.3, -0.25) is 0 Å². The van der Waals surface area contributed by atoms with Crippen LogP contribution in [0.5, 0.6) is 0 Å². The van der Waals surface area contributed by atoms with Gasteiger partial charge in [0.2, 0.25) is 0 Å². The third-order valence-corrected chi connectivity index (χ3v) is 4.13. The second kappa shape index (κ2) is 7.14. The highest BCUT2D eigenvalue weighted by Crippen LogP contribution is 2.26. The largest absolute Gasteiger partial charge is 0.465 e. The predicted molar refractivity (Wildman–Crippen MR) is 84.0 cm³/mol. The zero-order chi connectivity index (χ0) is 15.4. The summed E-state index contributed by atoms with van der Waals surface area (Å²) < 4.78 is 10.5. The van der Waals surface area contributed by atoms with Crippen LogP contribution >= 0.6 is 11.6 Å². The van der Waals surface area contributed by atoms with Gasteiger partial charge in [-0.25, -0.2) is 4.79 Å². The number of esters is 1. The number of hydrogen-bond donors (Lipinski definition) is 1. The Kier molecular flexibility index (Phi) is 5.48. The van der Waals surface area contributed by atoms with Crippen molar-refractivity contribution < 1.29 is 14.3 Å². The number of rotatable bonds is 4. The van der Waals surface area contributed by atoms with E-state index in [9.17, 15) is 4.79 Å². The molecule has 1 fully saturated rings. The van der Waals surface area contributed by atoms with E-state index < -0.39 is 5.97 Å². The molecule has 1 saturated heterocycles. The first-order chi connectivity index (χ1) is 10.0. The van der Waals surface area contributed by atoms with Crippen LogP contribution in [0, 0.1) is 5.92 Å². The summed E-state index contributed by atoms with van der Waals surface area (Å²) in [6.07, 6.45) is 2.21. The number of carbonyl (C=O) groups is 1. The molecule has 2 unspecified atom stereocenters. The molecule has 4 nitrogen and oxygen atoms in total. The number of halogens is 1. The van der Waals surface area contributed by atoms with Crippen molar-refractivity contribution >= 4 is 23.3 Å². The molecule has 2 atom stereocenters. The quantitative estimate of drug-likeness (QED) is 0.860. The summed E-state index contributed by atoms with van der Waals surface area (Å²) in [6, 6.07) is 5.69. The lowest BCUT2D eigenvalue weighted by molar-refractivity contribution is -0.0160. The van der Waals surface area contributed by atoms with E-state index in [1.807, 2.05) is 6.07 Å². The van der Waals surface area contributed by atoms with Crippen LogP contribution in [0.3, 0.4) is 0 Å². The van der Waals surface area contributed by atoms with Crippen LogP contribution in [0.1, 0.15) is 37.0 Å². The van der Waals surface area contributed by atoms with Gasteiger partial charge in [-0.1, -0.05) is 25.4 Å². The molecule has 0 bridgehead atoms. The lowest BCUT2D eigenvalue weighted by Crippen LogP contribution is -2.36. The number of methoxy groups -OCH3 is 1. The van der Waals surface area contributed by atoms with Gasteiger partial charge in [0.15, 0.2) is 0 Å². The summed E-state index contributed by atoms with van der Waals surface area (Å²) in [7, 11) is 1.35. The second-order valence-electron chi connectivity index (χ2n) is 5.71. The van der Waals surface area contributed by atoms with E-state index in [0.29, 0.717) is 22.5 Å². The van der Waals surface area contributed by atoms with Gasteiger partial charge in [0.1, 0.15) is 0 Å². The first-order valence-corrected chi connectivity index (χ1v) is 7.65. The molecule has 1 N–H and O–H groups in total. The molecular weight excluding hydrogens is 290 g/mol. The summed E-state index contributed by atoms with van der Waals surface area (Å²) in [5.41, 5.74) is 1.27. The molecule has 1 aliphatic rings. The van der Waals surface area contributed by atoms with E-state index >= 15 is 0 Å². The van der Waals surface area contributed by atoms with Crippen molar-refractivity contribution in [1.82, 2.24) is 0 Å². The number of benzene rings is 1. The Hall–Kier alpha value is -1.26.